The van der Waals surface area contributed by atoms with E-state index in [-0.39, 0.29) is 5.91 Å². The van der Waals surface area contributed by atoms with Gasteiger partial charge in [0, 0.05) is 12.1 Å². The standard InChI is InChI=1S/C14H15N5O3/c20-13(18-8-2-1-3-12(18)14(21)22)10-4-6-11(7-5-10)19-9-15-16-17-19/h4-7,9,12H,1-3,8H2,(H,21,22)/t12-/m1/s1. The van der Waals surface area contributed by atoms with Crippen LogP contribution in [0.5, 0.6) is 0 Å². The lowest BCUT2D eigenvalue weighted by molar-refractivity contribution is -0.143. The van der Waals surface area contributed by atoms with Crippen LogP contribution in [0.1, 0.15) is 29.6 Å². The Kier molecular flexibility index (Phi) is 3.82. The Morgan fingerprint density at radius 1 is 1.18 bits per heavy atom. The summed E-state index contributed by atoms with van der Waals surface area (Å²) in [6, 6.07) is 6.03. The highest BCUT2D eigenvalue weighted by Gasteiger charge is 2.32. The predicted molar refractivity (Wildman–Crippen MR) is 75.5 cm³/mol. The first-order valence-electron chi connectivity index (χ1n) is 7.04. The van der Waals surface area contributed by atoms with E-state index in [1.807, 2.05) is 0 Å². The molecule has 0 radical (unpaired) electrons. The molecule has 3 rings (SSSR count). The summed E-state index contributed by atoms with van der Waals surface area (Å²) in [5, 5.41) is 20.1. The number of carbonyl (C=O) groups is 2. The van der Waals surface area contributed by atoms with E-state index in [0.717, 1.165) is 18.5 Å². The largest absolute Gasteiger partial charge is 0.480 e. The molecule has 1 aromatic carbocycles. The maximum absolute atomic E-state index is 12.5. The van der Waals surface area contributed by atoms with Crippen molar-refractivity contribution in [2.24, 2.45) is 0 Å². The second-order valence-electron chi connectivity index (χ2n) is 5.15. The number of aromatic nitrogens is 4. The van der Waals surface area contributed by atoms with Gasteiger partial charge in [0.25, 0.3) is 5.91 Å². The molecule has 0 saturated carbocycles. The number of benzene rings is 1. The van der Waals surface area contributed by atoms with Crippen molar-refractivity contribution in [3.05, 3.63) is 36.2 Å². The summed E-state index contributed by atoms with van der Waals surface area (Å²) in [6.45, 7) is 0.477. The summed E-state index contributed by atoms with van der Waals surface area (Å²) in [5.74, 6) is -1.20. The number of amides is 1. The van der Waals surface area contributed by atoms with E-state index in [1.54, 1.807) is 24.3 Å². The Labute approximate surface area is 126 Å². The van der Waals surface area contributed by atoms with Crippen LogP contribution in [0.25, 0.3) is 5.69 Å². The fourth-order valence-corrected chi connectivity index (χ4v) is 2.63. The number of aliphatic carboxylic acids is 1. The molecule has 1 fully saturated rings. The predicted octanol–water partition coefficient (Wildman–Crippen LogP) is 0.742. The normalized spacial score (nSPS) is 18.2. The first kappa shape index (κ1) is 14.2. The minimum absolute atomic E-state index is 0.254. The highest BCUT2D eigenvalue weighted by atomic mass is 16.4. The summed E-state index contributed by atoms with van der Waals surface area (Å²) in [6.07, 6.45) is 3.63. The van der Waals surface area contributed by atoms with E-state index in [4.69, 9.17) is 0 Å². The van der Waals surface area contributed by atoms with E-state index in [0.29, 0.717) is 18.5 Å². The van der Waals surface area contributed by atoms with Crippen molar-refractivity contribution >= 4 is 11.9 Å². The molecule has 1 aromatic heterocycles. The van der Waals surface area contributed by atoms with E-state index < -0.39 is 12.0 Å². The molecule has 1 aliphatic heterocycles. The third-order valence-corrected chi connectivity index (χ3v) is 3.78. The topological polar surface area (TPSA) is 101 Å². The fraction of sp³-hybridized carbons (Fsp3) is 0.357. The molecular formula is C14H15N5O3. The van der Waals surface area contributed by atoms with Crippen molar-refractivity contribution in [2.45, 2.75) is 25.3 Å². The molecule has 1 saturated heterocycles. The number of hydrogen-bond acceptors (Lipinski definition) is 5. The summed E-state index contributed by atoms with van der Waals surface area (Å²) in [5.41, 5.74) is 1.19. The van der Waals surface area contributed by atoms with Crippen molar-refractivity contribution in [1.82, 2.24) is 25.1 Å². The lowest BCUT2D eigenvalue weighted by atomic mass is 10.0. The summed E-state index contributed by atoms with van der Waals surface area (Å²) < 4.78 is 1.48. The highest BCUT2D eigenvalue weighted by molar-refractivity contribution is 5.96. The molecule has 1 N–H and O–H groups in total. The minimum atomic E-state index is -0.946. The third-order valence-electron chi connectivity index (χ3n) is 3.78. The number of hydrogen-bond donors (Lipinski definition) is 1. The van der Waals surface area contributed by atoms with Gasteiger partial charge in [-0.25, -0.2) is 9.48 Å². The van der Waals surface area contributed by atoms with Gasteiger partial charge in [-0.15, -0.1) is 5.10 Å². The van der Waals surface area contributed by atoms with Crippen LogP contribution in [-0.2, 0) is 4.79 Å². The zero-order chi connectivity index (χ0) is 15.5. The molecule has 2 aromatic rings. The average Bonchev–Trinajstić information content (AvgIpc) is 3.09. The van der Waals surface area contributed by atoms with Crippen LogP contribution in [0.15, 0.2) is 30.6 Å². The van der Waals surface area contributed by atoms with E-state index in [2.05, 4.69) is 15.5 Å². The monoisotopic (exact) mass is 301 g/mol. The van der Waals surface area contributed by atoms with Gasteiger partial charge in [0.2, 0.25) is 0 Å². The van der Waals surface area contributed by atoms with Gasteiger partial charge in [0.15, 0.2) is 0 Å². The first-order valence-corrected chi connectivity index (χ1v) is 7.04. The first-order chi connectivity index (χ1) is 10.7. The Balaban J connectivity index is 1.81. The van der Waals surface area contributed by atoms with Crippen LogP contribution in [0.2, 0.25) is 0 Å². The quantitative estimate of drug-likeness (QED) is 0.897. The van der Waals surface area contributed by atoms with Crippen molar-refractivity contribution in [3.8, 4) is 5.69 Å². The van der Waals surface area contributed by atoms with Gasteiger partial charge in [-0.05, 0) is 54.0 Å². The molecule has 0 unspecified atom stereocenters. The van der Waals surface area contributed by atoms with Crippen molar-refractivity contribution in [3.63, 3.8) is 0 Å². The zero-order valence-electron chi connectivity index (χ0n) is 11.8. The van der Waals surface area contributed by atoms with Gasteiger partial charge >= 0.3 is 5.97 Å². The molecule has 114 valence electrons. The van der Waals surface area contributed by atoms with Gasteiger partial charge < -0.3 is 10.0 Å². The average molecular weight is 301 g/mol. The molecule has 1 amide bonds. The Morgan fingerprint density at radius 2 is 1.95 bits per heavy atom. The number of rotatable bonds is 3. The Morgan fingerprint density at radius 3 is 2.59 bits per heavy atom. The van der Waals surface area contributed by atoms with Crippen LogP contribution >= 0.6 is 0 Å². The lowest BCUT2D eigenvalue weighted by Gasteiger charge is -2.33. The second-order valence-corrected chi connectivity index (χ2v) is 5.15. The smallest absolute Gasteiger partial charge is 0.326 e. The van der Waals surface area contributed by atoms with Gasteiger partial charge in [0.05, 0.1) is 5.69 Å². The number of likely N-dealkylation sites (tertiary alicyclic amines) is 1. The summed E-state index contributed by atoms with van der Waals surface area (Å²) in [7, 11) is 0. The van der Waals surface area contributed by atoms with E-state index in [1.165, 1.54) is 15.9 Å². The number of carboxylic acid groups (broad SMARTS) is 1. The van der Waals surface area contributed by atoms with Crippen LogP contribution in [-0.4, -0.2) is 54.7 Å². The maximum atomic E-state index is 12.5. The molecule has 8 heteroatoms. The highest BCUT2D eigenvalue weighted by Crippen LogP contribution is 2.20. The van der Waals surface area contributed by atoms with Crippen molar-refractivity contribution in [2.75, 3.05) is 6.54 Å². The minimum Gasteiger partial charge on any atom is -0.480 e. The van der Waals surface area contributed by atoms with Gasteiger partial charge in [-0.3, -0.25) is 4.79 Å². The van der Waals surface area contributed by atoms with Crippen LogP contribution in [0.4, 0.5) is 0 Å². The molecule has 0 aliphatic carbocycles. The van der Waals surface area contributed by atoms with E-state index >= 15 is 0 Å². The van der Waals surface area contributed by atoms with Crippen LogP contribution < -0.4 is 0 Å². The molecular weight excluding hydrogens is 286 g/mol. The molecule has 8 nitrogen and oxygen atoms in total. The zero-order valence-corrected chi connectivity index (χ0v) is 11.8. The molecule has 0 spiro atoms. The SMILES string of the molecule is O=C(O)[C@H]1CCCCN1C(=O)c1ccc(-n2cnnn2)cc1. The lowest BCUT2D eigenvalue weighted by Crippen LogP contribution is -2.47. The number of carbonyl (C=O) groups excluding carboxylic acids is 1. The Bertz CT molecular complexity index is 668. The number of nitrogens with zero attached hydrogens (tertiary/aromatic N) is 5. The van der Waals surface area contributed by atoms with Gasteiger partial charge in [-0.2, -0.15) is 0 Å². The van der Waals surface area contributed by atoms with Gasteiger partial charge in [0.1, 0.15) is 12.4 Å². The summed E-state index contributed by atoms with van der Waals surface area (Å²) >= 11 is 0. The maximum Gasteiger partial charge on any atom is 0.326 e. The Hall–Kier alpha value is -2.77. The van der Waals surface area contributed by atoms with E-state index in [9.17, 15) is 14.7 Å². The number of carboxylic acids is 1. The fourth-order valence-electron chi connectivity index (χ4n) is 2.63. The molecule has 1 aliphatic rings. The number of piperidine rings is 1. The molecule has 0 bridgehead atoms. The van der Waals surface area contributed by atoms with Crippen LogP contribution in [0.3, 0.4) is 0 Å². The van der Waals surface area contributed by atoms with Crippen molar-refractivity contribution < 1.29 is 14.7 Å². The molecule has 2 heterocycles. The van der Waals surface area contributed by atoms with Crippen LogP contribution in [0, 0.1) is 0 Å². The third kappa shape index (κ3) is 2.67. The number of tetrazole rings is 1. The molecule has 22 heavy (non-hydrogen) atoms. The summed E-state index contributed by atoms with van der Waals surface area (Å²) in [4.78, 5) is 25.3. The molecule has 1 atom stereocenters. The second kappa shape index (κ2) is 5.92. The van der Waals surface area contributed by atoms with Crippen molar-refractivity contribution in [1.29, 1.82) is 0 Å². The van der Waals surface area contributed by atoms with Gasteiger partial charge in [-0.1, -0.05) is 0 Å².